The first-order chi connectivity index (χ1) is 12.6. The van der Waals surface area contributed by atoms with Gasteiger partial charge in [0.15, 0.2) is 5.13 Å². The van der Waals surface area contributed by atoms with Gasteiger partial charge in [0.1, 0.15) is 0 Å². The summed E-state index contributed by atoms with van der Waals surface area (Å²) in [6, 6.07) is 6.36. The van der Waals surface area contributed by atoms with Crippen molar-refractivity contribution >= 4 is 32.3 Å². The van der Waals surface area contributed by atoms with Crippen LogP contribution in [0.5, 0.6) is 0 Å². The highest BCUT2D eigenvalue weighted by Crippen LogP contribution is 2.28. The van der Waals surface area contributed by atoms with Crippen molar-refractivity contribution in [3.63, 3.8) is 0 Å². The fraction of sp³-hybridized carbons (Fsp3) is 0.444. The lowest BCUT2D eigenvalue weighted by Gasteiger charge is -2.15. The molecule has 0 bridgehead atoms. The molecule has 2 fully saturated rings. The molecule has 0 spiro atoms. The van der Waals surface area contributed by atoms with Gasteiger partial charge < -0.3 is 4.90 Å². The fourth-order valence-corrected chi connectivity index (χ4v) is 5.94. The van der Waals surface area contributed by atoms with E-state index in [0.717, 1.165) is 43.9 Å². The second-order valence-electron chi connectivity index (χ2n) is 6.67. The number of sulfonamides is 1. The van der Waals surface area contributed by atoms with Gasteiger partial charge in [0.25, 0.3) is 0 Å². The molecule has 0 radical (unpaired) electrons. The average molecular weight is 392 g/mol. The highest BCUT2D eigenvalue weighted by atomic mass is 32.2. The summed E-state index contributed by atoms with van der Waals surface area (Å²) < 4.78 is 26.9. The van der Waals surface area contributed by atoms with E-state index in [-0.39, 0.29) is 10.7 Å². The lowest BCUT2D eigenvalue weighted by molar-refractivity contribution is 0.104. The van der Waals surface area contributed by atoms with Crippen LogP contribution in [0.25, 0.3) is 0 Å². The molecule has 0 amide bonds. The van der Waals surface area contributed by atoms with Crippen LogP contribution in [-0.2, 0) is 10.0 Å². The van der Waals surface area contributed by atoms with Crippen LogP contribution in [0.3, 0.4) is 0 Å². The van der Waals surface area contributed by atoms with Crippen LogP contribution in [-0.4, -0.2) is 49.7 Å². The molecule has 2 aliphatic heterocycles. The van der Waals surface area contributed by atoms with Crippen molar-refractivity contribution in [1.29, 1.82) is 0 Å². The number of hydrogen-bond acceptors (Lipinski definition) is 6. The number of carbonyl (C=O) groups is 1. The molecule has 2 saturated heterocycles. The number of nitrogens with zero attached hydrogens (tertiary/aromatic N) is 3. The minimum absolute atomic E-state index is 0.175. The summed E-state index contributed by atoms with van der Waals surface area (Å²) in [7, 11) is -3.52. The van der Waals surface area contributed by atoms with Crippen LogP contribution in [0.1, 0.15) is 40.9 Å². The van der Waals surface area contributed by atoms with Crippen molar-refractivity contribution in [1.82, 2.24) is 9.29 Å². The molecule has 26 heavy (non-hydrogen) atoms. The van der Waals surface area contributed by atoms with Gasteiger partial charge in [0.2, 0.25) is 15.8 Å². The minimum Gasteiger partial charge on any atom is -0.348 e. The summed E-state index contributed by atoms with van der Waals surface area (Å²) in [5, 5.41) is 0.867. The lowest BCUT2D eigenvalue weighted by atomic mass is 10.1. The number of ketones is 1. The Hall–Kier alpha value is -1.77. The predicted octanol–water partition coefficient (Wildman–Crippen LogP) is 2.76. The van der Waals surface area contributed by atoms with Crippen LogP contribution in [0.4, 0.5) is 5.13 Å². The molecular formula is C18H21N3O3S2. The molecule has 2 aliphatic rings. The van der Waals surface area contributed by atoms with E-state index in [9.17, 15) is 13.2 Å². The second-order valence-corrected chi connectivity index (χ2v) is 9.62. The molecule has 6 nitrogen and oxygen atoms in total. The molecule has 3 heterocycles. The lowest BCUT2D eigenvalue weighted by Crippen LogP contribution is -2.28. The highest BCUT2D eigenvalue weighted by Gasteiger charge is 2.28. The quantitative estimate of drug-likeness (QED) is 0.733. The Morgan fingerprint density at radius 2 is 1.73 bits per heavy atom. The summed E-state index contributed by atoms with van der Waals surface area (Å²) in [5.41, 5.74) is 0.391. The Bertz CT molecular complexity index is 911. The summed E-state index contributed by atoms with van der Waals surface area (Å²) in [6.45, 7) is 3.05. The number of benzene rings is 1. The van der Waals surface area contributed by atoms with Gasteiger partial charge in [-0.1, -0.05) is 23.5 Å². The van der Waals surface area contributed by atoms with Crippen molar-refractivity contribution < 1.29 is 13.2 Å². The maximum absolute atomic E-state index is 12.8. The Labute approximate surface area is 157 Å². The highest BCUT2D eigenvalue weighted by molar-refractivity contribution is 7.89. The third kappa shape index (κ3) is 3.28. The predicted molar refractivity (Wildman–Crippen MR) is 101 cm³/mol. The van der Waals surface area contributed by atoms with Gasteiger partial charge in [-0.3, -0.25) is 4.79 Å². The van der Waals surface area contributed by atoms with Crippen molar-refractivity contribution in [2.75, 3.05) is 31.1 Å². The molecule has 0 atom stereocenters. The van der Waals surface area contributed by atoms with E-state index < -0.39 is 10.0 Å². The van der Waals surface area contributed by atoms with Gasteiger partial charge in [-0.25, -0.2) is 13.4 Å². The zero-order valence-electron chi connectivity index (χ0n) is 14.4. The van der Waals surface area contributed by atoms with Crippen LogP contribution in [0, 0.1) is 0 Å². The summed E-state index contributed by atoms with van der Waals surface area (Å²) in [5.74, 6) is -0.175. The third-order valence-electron chi connectivity index (χ3n) is 4.89. The van der Waals surface area contributed by atoms with Crippen molar-refractivity contribution in [2.24, 2.45) is 0 Å². The number of thiazole rings is 1. The molecule has 4 rings (SSSR count). The number of aromatic nitrogens is 1. The largest absolute Gasteiger partial charge is 0.348 e. The first-order valence-electron chi connectivity index (χ1n) is 8.91. The molecule has 0 unspecified atom stereocenters. The van der Waals surface area contributed by atoms with Gasteiger partial charge >= 0.3 is 0 Å². The SMILES string of the molecule is O=C(c1cccc(S(=O)(=O)N2CCCC2)c1)c1cnc(N2CCCC2)s1. The van der Waals surface area contributed by atoms with Crippen molar-refractivity contribution in [2.45, 2.75) is 30.6 Å². The van der Waals surface area contributed by atoms with E-state index in [1.807, 2.05) is 0 Å². The molecule has 0 aliphatic carbocycles. The topological polar surface area (TPSA) is 70.6 Å². The van der Waals surface area contributed by atoms with Gasteiger partial charge in [-0.05, 0) is 37.8 Å². The first-order valence-corrected chi connectivity index (χ1v) is 11.2. The Morgan fingerprint density at radius 1 is 1.04 bits per heavy atom. The normalized spacial score (nSPS) is 18.5. The summed E-state index contributed by atoms with van der Waals surface area (Å²) in [6.07, 6.45) is 5.68. The molecule has 0 N–H and O–H groups in total. The van der Waals surface area contributed by atoms with E-state index in [2.05, 4.69) is 9.88 Å². The monoisotopic (exact) mass is 391 g/mol. The third-order valence-corrected chi connectivity index (χ3v) is 7.84. The van der Waals surface area contributed by atoms with Crippen LogP contribution in [0.15, 0.2) is 35.4 Å². The van der Waals surface area contributed by atoms with Gasteiger partial charge in [-0.15, -0.1) is 0 Å². The van der Waals surface area contributed by atoms with Crippen molar-refractivity contribution in [3.8, 4) is 0 Å². The first kappa shape index (κ1) is 17.6. The van der Waals surface area contributed by atoms with E-state index in [4.69, 9.17) is 0 Å². The van der Waals surface area contributed by atoms with E-state index >= 15 is 0 Å². The molecule has 0 saturated carbocycles. The molecule has 8 heteroatoms. The zero-order chi connectivity index (χ0) is 18.1. The van der Waals surface area contributed by atoms with E-state index in [1.165, 1.54) is 21.7 Å². The number of rotatable bonds is 5. The van der Waals surface area contributed by atoms with E-state index in [0.29, 0.717) is 23.5 Å². The fourth-order valence-electron chi connectivity index (χ4n) is 3.44. The molecule has 2 aromatic rings. The Kier molecular flexibility index (Phi) is 4.81. The van der Waals surface area contributed by atoms with Crippen molar-refractivity contribution in [3.05, 3.63) is 40.9 Å². The summed E-state index contributed by atoms with van der Waals surface area (Å²) >= 11 is 1.38. The van der Waals surface area contributed by atoms with Gasteiger partial charge in [-0.2, -0.15) is 4.31 Å². The second kappa shape index (κ2) is 7.09. The number of hydrogen-bond donors (Lipinski definition) is 0. The molecule has 138 valence electrons. The zero-order valence-corrected chi connectivity index (χ0v) is 16.1. The smallest absolute Gasteiger partial charge is 0.243 e. The molecule has 1 aromatic carbocycles. The minimum atomic E-state index is -3.52. The van der Waals surface area contributed by atoms with Crippen LogP contribution < -0.4 is 4.90 Å². The maximum atomic E-state index is 12.8. The van der Waals surface area contributed by atoms with Gasteiger partial charge in [0, 0.05) is 31.7 Å². The van der Waals surface area contributed by atoms with Crippen LogP contribution in [0.2, 0.25) is 0 Å². The van der Waals surface area contributed by atoms with E-state index in [1.54, 1.807) is 24.4 Å². The van der Waals surface area contributed by atoms with Gasteiger partial charge in [0.05, 0.1) is 16.0 Å². The van der Waals surface area contributed by atoms with Crippen LogP contribution >= 0.6 is 11.3 Å². The Morgan fingerprint density at radius 3 is 2.46 bits per heavy atom. The maximum Gasteiger partial charge on any atom is 0.243 e. The standard InChI is InChI=1S/C18H21N3O3S2/c22-17(16-13-19-18(25-16)20-8-1-2-9-20)14-6-5-7-15(12-14)26(23,24)21-10-3-4-11-21/h5-7,12-13H,1-4,8-11H2. The molecule has 1 aromatic heterocycles. The molecular weight excluding hydrogens is 370 g/mol. The summed E-state index contributed by atoms with van der Waals surface area (Å²) in [4.78, 5) is 20.1. The number of carbonyl (C=O) groups excluding carboxylic acids is 1. The average Bonchev–Trinajstić information content (AvgIpc) is 3.43. The Balaban J connectivity index is 1.59. The number of anilines is 1.